The van der Waals surface area contributed by atoms with Crippen molar-refractivity contribution < 1.29 is 14.3 Å². The smallest absolute Gasteiger partial charge is 0.329 e. The highest BCUT2D eigenvalue weighted by molar-refractivity contribution is 5.84. The van der Waals surface area contributed by atoms with Crippen molar-refractivity contribution in [3.63, 3.8) is 0 Å². The monoisotopic (exact) mass is 223 g/mol. The number of rotatable bonds is 3. The van der Waals surface area contributed by atoms with Gasteiger partial charge in [-0.2, -0.15) is 0 Å². The number of carboxylic acids is 1. The van der Waals surface area contributed by atoms with E-state index in [9.17, 15) is 9.18 Å². The predicted octanol–water partition coefficient (Wildman–Crippen LogP) is 2.55. The summed E-state index contributed by atoms with van der Waals surface area (Å²) in [7, 11) is 0. The number of halogens is 1. The van der Waals surface area contributed by atoms with Crippen molar-refractivity contribution in [2.24, 2.45) is 0 Å². The molecule has 0 amide bonds. The van der Waals surface area contributed by atoms with E-state index in [1.807, 2.05) is 0 Å². The molecule has 16 heavy (non-hydrogen) atoms. The van der Waals surface area contributed by atoms with Gasteiger partial charge in [-0.25, -0.2) is 9.18 Å². The molecule has 1 aliphatic rings. The van der Waals surface area contributed by atoms with Gasteiger partial charge in [0.1, 0.15) is 11.4 Å². The second kappa shape index (κ2) is 3.77. The molecule has 0 radical (unpaired) electrons. The Hall–Kier alpha value is -1.58. The summed E-state index contributed by atoms with van der Waals surface area (Å²) in [6.07, 6.45) is 2.09. The first kappa shape index (κ1) is 10.9. The molecule has 3 nitrogen and oxygen atoms in total. The second-order valence-corrected chi connectivity index (χ2v) is 4.38. The molecule has 0 heterocycles. The summed E-state index contributed by atoms with van der Waals surface area (Å²) in [6.45, 7) is 1.78. The predicted molar refractivity (Wildman–Crippen MR) is 59.0 cm³/mol. The minimum Gasteiger partial charge on any atom is -0.480 e. The average Bonchev–Trinajstić information content (AvgIpc) is 2.09. The van der Waals surface area contributed by atoms with Gasteiger partial charge in [0.2, 0.25) is 0 Å². The van der Waals surface area contributed by atoms with Crippen LogP contribution < -0.4 is 5.32 Å². The molecule has 1 aliphatic carbocycles. The van der Waals surface area contributed by atoms with Crippen LogP contribution in [0.25, 0.3) is 0 Å². The summed E-state index contributed by atoms with van der Waals surface area (Å²) in [4.78, 5) is 11.1. The SMILES string of the molecule is Cc1cc(F)cc(NC2(C(=O)O)CCC2)c1. The lowest BCUT2D eigenvalue weighted by Gasteiger charge is -2.39. The molecule has 2 rings (SSSR count). The van der Waals surface area contributed by atoms with Gasteiger partial charge < -0.3 is 10.4 Å². The number of hydrogen-bond acceptors (Lipinski definition) is 2. The van der Waals surface area contributed by atoms with E-state index in [4.69, 9.17) is 5.11 Å². The zero-order valence-corrected chi connectivity index (χ0v) is 9.09. The second-order valence-electron chi connectivity index (χ2n) is 4.38. The zero-order chi connectivity index (χ0) is 11.8. The molecule has 0 aromatic heterocycles. The molecule has 0 atom stereocenters. The van der Waals surface area contributed by atoms with Gasteiger partial charge >= 0.3 is 5.97 Å². The Morgan fingerprint density at radius 1 is 1.44 bits per heavy atom. The van der Waals surface area contributed by atoms with Crippen LogP contribution in [0.2, 0.25) is 0 Å². The lowest BCUT2D eigenvalue weighted by molar-refractivity contribution is -0.145. The first-order valence-corrected chi connectivity index (χ1v) is 5.31. The van der Waals surface area contributed by atoms with E-state index in [0.717, 1.165) is 12.0 Å². The van der Waals surface area contributed by atoms with Gasteiger partial charge in [-0.1, -0.05) is 0 Å². The number of carbonyl (C=O) groups is 1. The number of aryl methyl sites for hydroxylation is 1. The van der Waals surface area contributed by atoms with Gasteiger partial charge in [-0.15, -0.1) is 0 Å². The van der Waals surface area contributed by atoms with Crippen LogP contribution >= 0.6 is 0 Å². The number of nitrogens with one attached hydrogen (secondary N) is 1. The van der Waals surface area contributed by atoms with Crippen molar-refractivity contribution in [3.8, 4) is 0 Å². The Balaban J connectivity index is 2.22. The van der Waals surface area contributed by atoms with Gasteiger partial charge in [0.15, 0.2) is 0 Å². The topological polar surface area (TPSA) is 49.3 Å². The van der Waals surface area contributed by atoms with Crippen LogP contribution in [0, 0.1) is 12.7 Å². The lowest BCUT2D eigenvalue weighted by Crippen LogP contribution is -2.52. The van der Waals surface area contributed by atoms with E-state index < -0.39 is 11.5 Å². The third-order valence-corrected chi connectivity index (χ3v) is 3.04. The van der Waals surface area contributed by atoms with Gasteiger partial charge in [-0.3, -0.25) is 0 Å². The highest BCUT2D eigenvalue weighted by Gasteiger charge is 2.44. The van der Waals surface area contributed by atoms with Crippen LogP contribution in [0.5, 0.6) is 0 Å². The van der Waals surface area contributed by atoms with Crippen molar-refractivity contribution in [1.29, 1.82) is 0 Å². The number of benzene rings is 1. The van der Waals surface area contributed by atoms with Crippen LogP contribution in [-0.2, 0) is 4.79 Å². The first-order chi connectivity index (χ1) is 7.52. The molecular formula is C12H14FNO2. The first-order valence-electron chi connectivity index (χ1n) is 5.31. The Kier molecular flexibility index (Phi) is 2.58. The third-order valence-electron chi connectivity index (χ3n) is 3.04. The molecule has 2 N–H and O–H groups in total. The van der Waals surface area contributed by atoms with Gasteiger partial charge in [0, 0.05) is 5.69 Å². The van der Waals surface area contributed by atoms with E-state index >= 15 is 0 Å². The summed E-state index contributed by atoms with van der Waals surface area (Å²) < 4.78 is 13.1. The fourth-order valence-electron chi connectivity index (χ4n) is 2.01. The highest BCUT2D eigenvalue weighted by atomic mass is 19.1. The summed E-state index contributed by atoms with van der Waals surface area (Å²) in [6, 6.07) is 4.50. The molecule has 0 spiro atoms. The van der Waals surface area contributed by atoms with Crippen LogP contribution in [0.1, 0.15) is 24.8 Å². The van der Waals surface area contributed by atoms with Crippen molar-refractivity contribution in [2.45, 2.75) is 31.7 Å². The van der Waals surface area contributed by atoms with Crippen LogP contribution in [0.15, 0.2) is 18.2 Å². The van der Waals surface area contributed by atoms with Gasteiger partial charge in [0.05, 0.1) is 0 Å². The van der Waals surface area contributed by atoms with Gasteiger partial charge in [-0.05, 0) is 49.9 Å². The highest BCUT2D eigenvalue weighted by Crippen LogP contribution is 2.35. The fraction of sp³-hybridized carbons (Fsp3) is 0.417. The van der Waals surface area contributed by atoms with E-state index in [2.05, 4.69) is 5.32 Å². The van der Waals surface area contributed by atoms with Crippen molar-refractivity contribution >= 4 is 11.7 Å². The van der Waals surface area contributed by atoms with Crippen molar-refractivity contribution in [1.82, 2.24) is 0 Å². The summed E-state index contributed by atoms with van der Waals surface area (Å²) in [5.74, 6) is -1.21. The van der Waals surface area contributed by atoms with E-state index in [0.29, 0.717) is 18.5 Å². The zero-order valence-electron chi connectivity index (χ0n) is 9.09. The molecule has 1 aromatic rings. The molecule has 1 fully saturated rings. The normalized spacial score (nSPS) is 17.6. The summed E-state index contributed by atoms with van der Waals surface area (Å²) >= 11 is 0. The maximum atomic E-state index is 13.1. The fourth-order valence-corrected chi connectivity index (χ4v) is 2.01. The van der Waals surface area contributed by atoms with Crippen LogP contribution in [0.4, 0.5) is 10.1 Å². The Morgan fingerprint density at radius 3 is 2.56 bits per heavy atom. The Labute approximate surface area is 93.3 Å². The molecular weight excluding hydrogens is 209 g/mol. The Morgan fingerprint density at radius 2 is 2.12 bits per heavy atom. The maximum Gasteiger partial charge on any atom is 0.329 e. The van der Waals surface area contributed by atoms with E-state index in [-0.39, 0.29) is 5.82 Å². The molecule has 1 aromatic carbocycles. The average molecular weight is 223 g/mol. The van der Waals surface area contributed by atoms with Crippen LogP contribution in [-0.4, -0.2) is 16.6 Å². The number of carboxylic acid groups (broad SMARTS) is 1. The molecule has 0 bridgehead atoms. The Bertz CT molecular complexity index is 407. The lowest BCUT2D eigenvalue weighted by atomic mass is 9.76. The van der Waals surface area contributed by atoms with Crippen molar-refractivity contribution in [2.75, 3.05) is 5.32 Å². The minimum atomic E-state index is -0.889. The van der Waals surface area contributed by atoms with E-state index in [1.54, 1.807) is 13.0 Å². The minimum absolute atomic E-state index is 0.345. The van der Waals surface area contributed by atoms with Crippen molar-refractivity contribution in [3.05, 3.63) is 29.6 Å². The molecule has 0 saturated heterocycles. The van der Waals surface area contributed by atoms with Gasteiger partial charge in [0.25, 0.3) is 0 Å². The summed E-state index contributed by atoms with van der Waals surface area (Å²) in [5, 5.41) is 12.1. The van der Waals surface area contributed by atoms with Crippen LogP contribution in [0.3, 0.4) is 0 Å². The molecule has 1 saturated carbocycles. The molecule has 86 valence electrons. The largest absolute Gasteiger partial charge is 0.480 e. The maximum absolute atomic E-state index is 13.1. The molecule has 0 aliphatic heterocycles. The number of anilines is 1. The summed E-state index contributed by atoms with van der Waals surface area (Å²) in [5.41, 5.74) is 0.433. The number of hydrogen-bond donors (Lipinski definition) is 2. The quantitative estimate of drug-likeness (QED) is 0.827. The molecule has 4 heteroatoms. The molecule has 0 unspecified atom stereocenters. The van der Waals surface area contributed by atoms with E-state index in [1.165, 1.54) is 12.1 Å². The third kappa shape index (κ3) is 1.87. The standard InChI is InChI=1S/C12H14FNO2/c1-8-5-9(13)7-10(6-8)14-12(11(15)16)3-2-4-12/h5-7,14H,2-4H2,1H3,(H,15,16). The number of aliphatic carboxylic acids is 1.